The van der Waals surface area contributed by atoms with Crippen molar-refractivity contribution in [1.82, 2.24) is 15.0 Å². The second kappa shape index (κ2) is 10.0. The first kappa shape index (κ1) is 22.1. The minimum absolute atomic E-state index is 0.164. The molecule has 0 aliphatic heterocycles. The van der Waals surface area contributed by atoms with E-state index in [0.29, 0.717) is 37.9 Å². The van der Waals surface area contributed by atoms with Crippen molar-refractivity contribution >= 4 is 16.9 Å². The minimum atomic E-state index is -0.872. The molecule has 4 rings (SSSR count). The summed E-state index contributed by atoms with van der Waals surface area (Å²) in [6.45, 7) is 1.81. The predicted octanol–water partition coefficient (Wildman–Crippen LogP) is 2.91. The van der Waals surface area contributed by atoms with Crippen LogP contribution in [0.4, 0.5) is 5.95 Å². The predicted molar refractivity (Wildman–Crippen MR) is 122 cm³/mol. The van der Waals surface area contributed by atoms with Crippen LogP contribution in [0.15, 0.2) is 30.6 Å². The average molecular weight is 437 g/mol. The Kier molecular flexibility index (Phi) is 6.90. The molecular formula is C24H28N4O4. The molecular weight excluding hydrogens is 408 g/mol. The molecule has 0 unspecified atom stereocenters. The average Bonchev–Trinajstić information content (AvgIpc) is 3.42. The van der Waals surface area contributed by atoms with E-state index in [0.717, 1.165) is 47.7 Å². The maximum Gasteiger partial charge on any atom is 0.220 e. The highest BCUT2D eigenvalue weighted by molar-refractivity contribution is 5.96. The number of aromatic nitrogens is 3. The molecule has 4 N–H and O–H groups in total. The van der Waals surface area contributed by atoms with Gasteiger partial charge in [-0.25, -0.2) is 9.97 Å². The van der Waals surface area contributed by atoms with Gasteiger partial charge in [-0.1, -0.05) is 11.8 Å². The molecule has 1 saturated carbocycles. The molecule has 2 heterocycles. The minimum Gasteiger partial charge on any atom is -0.487 e. The summed E-state index contributed by atoms with van der Waals surface area (Å²) in [5, 5.41) is 11.5. The van der Waals surface area contributed by atoms with Gasteiger partial charge in [-0.15, -0.1) is 0 Å². The zero-order valence-electron chi connectivity index (χ0n) is 18.2. The molecule has 3 aromatic rings. The molecule has 2 aromatic heterocycles. The van der Waals surface area contributed by atoms with Gasteiger partial charge in [0.1, 0.15) is 17.9 Å². The zero-order valence-corrected chi connectivity index (χ0v) is 18.2. The molecule has 0 saturated heterocycles. The highest BCUT2D eigenvalue weighted by Crippen LogP contribution is 2.34. The third-order valence-electron chi connectivity index (χ3n) is 5.50. The number of hydrogen-bond donors (Lipinski definition) is 3. The van der Waals surface area contributed by atoms with Crippen molar-refractivity contribution in [3.8, 4) is 28.8 Å². The highest BCUT2D eigenvalue weighted by atomic mass is 16.5. The first-order valence-electron chi connectivity index (χ1n) is 10.8. The SMILES string of the molecule is COCCOCCOc1cnc(N)nc1-c1c[nH]c2ccc(C#CC3(O)CCCC3)cc12. The number of benzene rings is 1. The van der Waals surface area contributed by atoms with Crippen molar-refractivity contribution in [3.05, 3.63) is 36.2 Å². The highest BCUT2D eigenvalue weighted by Gasteiger charge is 2.28. The van der Waals surface area contributed by atoms with Crippen molar-refractivity contribution in [1.29, 1.82) is 0 Å². The summed E-state index contributed by atoms with van der Waals surface area (Å²) in [6.07, 6.45) is 6.94. The molecule has 168 valence electrons. The normalized spacial score (nSPS) is 14.9. The lowest BCUT2D eigenvalue weighted by molar-refractivity contribution is 0.0544. The molecule has 1 aromatic carbocycles. The van der Waals surface area contributed by atoms with Crippen LogP contribution in [0.5, 0.6) is 5.75 Å². The number of aliphatic hydroxyl groups is 1. The van der Waals surface area contributed by atoms with Gasteiger partial charge in [0.25, 0.3) is 0 Å². The lowest BCUT2D eigenvalue weighted by atomic mass is 10.0. The largest absolute Gasteiger partial charge is 0.487 e. The van der Waals surface area contributed by atoms with E-state index in [-0.39, 0.29) is 5.95 Å². The van der Waals surface area contributed by atoms with Crippen LogP contribution < -0.4 is 10.5 Å². The zero-order chi connectivity index (χ0) is 22.4. The van der Waals surface area contributed by atoms with Crippen LogP contribution in [-0.4, -0.2) is 59.2 Å². The number of nitrogens with two attached hydrogens (primary N) is 1. The molecule has 1 aliphatic rings. The van der Waals surface area contributed by atoms with Crippen LogP contribution in [-0.2, 0) is 9.47 Å². The Hall–Kier alpha value is -3.12. The number of hydrogen-bond acceptors (Lipinski definition) is 7. The van der Waals surface area contributed by atoms with Gasteiger partial charge in [0.05, 0.1) is 26.0 Å². The number of methoxy groups -OCH3 is 1. The van der Waals surface area contributed by atoms with Gasteiger partial charge >= 0.3 is 0 Å². The quantitative estimate of drug-likeness (QED) is 0.367. The number of nitrogen functional groups attached to an aromatic ring is 1. The van der Waals surface area contributed by atoms with E-state index in [1.54, 1.807) is 13.3 Å². The number of rotatable bonds is 8. The van der Waals surface area contributed by atoms with Crippen LogP contribution in [0.2, 0.25) is 0 Å². The van der Waals surface area contributed by atoms with Crippen LogP contribution in [0.25, 0.3) is 22.2 Å². The second-order valence-corrected chi connectivity index (χ2v) is 7.85. The number of aromatic amines is 1. The summed E-state index contributed by atoms with van der Waals surface area (Å²) >= 11 is 0. The van der Waals surface area contributed by atoms with Crippen molar-refractivity contribution in [3.63, 3.8) is 0 Å². The Bertz CT molecular complexity index is 1130. The van der Waals surface area contributed by atoms with Gasteiger partial charge in [0, 0.05) is 35.3 Å². The van der Waals surface area contributed by atoms with Gasteiger partial charge < -0.3 is 30.0 Å². The third kappa shape index (κ3) is 5.19. The smallest absolute Gasteiger partial charge is 0.220 e. The van der Waals surface area contributed by atoms with E-state index in [9.17, 15) is 5.11 Å². The van der Waals surface area contributed by atoms with E-state index in [1.165, 1.54) is 0 Å². The maximum atomic E-state index is 10.5. The fraction of sp³-hybridized carbons (Fsp3) is 0.417. The molecule has 32 heavy (non-hydrogen) atoms. The van der Waals surface area contributed by atoms with Gasteiger partial charge in [-0.3, -0.25) is 0 Å². The molecule has 8 heteroatoms. The van der Waals surface area contributed by atoms with Gasteiger partial charge in [-0.05, 0) is 43.9 Å². The number of fused-ring (bicyclic) bond motifs is 1. The monoisotopic (exact) mass is 436 g/mol. The second-order valence-electron chi connectivity index (χ2n) is 7.85. The standard InChI is InChI=1S/C24H28N4O4/c1-30-10-11-31-12-13-32-21-16-27-23(25)28-22(21)19-15-26-20-5-4-17(14-18(19)20)6-9-24(29)7-2-3-8-24/h4-5,14-16,26,29H,2-3,7-8,10-13H2,1H3,(H2,25,27,28). The van der Waals surface area contributed by atoms with Crippen LogP contribution in [0, 0.1) is 11.8 Å². The molecule has 0 radical (unpaired) electrons. The maximum absolute atomic E-state index is 10.5. The van der Waals surface area contributed by atoms with Crippen LogP contribution >= 0.6 is 0 Å². The Balaban J connectivity index is 1.59. The van der Waals surface area contributed by atoms with E-state index in [1.807, 2.05) is 24.4 Å². The van der Waals surface area contributed by atoms with Gasteiger partial charge in [0.2, 0.25) is 5.95 Å². The Morgan fingerprint density at radius 1 is 1.19 bits per heavy atom. The van der Waals surface area contributed by atoms with Gasteiger partial charge in [-0.2, -0.15) is 0 Å². The van der Waals surface area contributed by atoms with Crippen LogP contribution in [0.3, 0.4) is 0 Å². The van der Waals surface area contributed by atoms with E-state index < -0.39 is 5.60 Å². The Labute approximate surface area is 187 Å². The number of nitrogens with one attached hydrogen (secondary N) is 1. The molecule has 0 atom stereocenters. The van der Waals surface area contributed by atoms with E-state index in [2.05, 4.69) is 26.8 Å². The fourth-order valence-corrected chi connectivity index (χ4v) is 3.81. The summed E-state index contributed by atoms with van der Waals surface area (Å²) in [5.41, 5.74) is 8.21. The molecule has 0 bridgehead atoms. The number of H-pyrrole nitrogens is 1. The lowest BCUT2D eigenvalue weighted by Crippen LogP contribution is -2.20. The van der Waals surface area contributed by atoms with Gasteiger partial charge in [0.15, 0.2) is 5.75 Å². The summed E-state index contributed by atoms with van der Waals surface area (Å²) in [6, 6.07) is 5.90. The van der Waals surface area contributed by atoms with Crippen molar-refractivity contribution < 1.29 is 19.3 Å². The van der Waals surface area contributed by atoms with E-state index >= 15 is 0 Å². The molecule has 0 amide bonds. The molecule has 8 nitrogen and oxygen atoms in total. The summed E-state index contributed by atoms with van der Waals surface area (Å²) in [4.78, 5) is 11.8. The molecule has 1 aliphatic carbocycles. The van der Waals surface area contributed by atoms with Crippen molar-refractivity contribution in [2.75, 3.05) is 39.3 Å². The number of nitrogens with zero attached hydrogens (tertiary/aromatic N) is 2. The fourth-order valence-electron chi connectivity index (χ4n) is 3.81. The summed E-state index contributed by atoms with van der Waals surface area (Å²) < 4.78 is 16.3. The topological polar surface area (TPSA) is 116 Å². The van der Waals surface area contributed by atoms with E-state index in [4.69, 9.17) is 19.9 Å². The third-order valence-corrected chi connectivity index (χ3v) is 5.50. The summed E-state index contributed by atoms with van der Waals surface area (Å²) in [7, 11) is 1.63. The lowest BCUT2D eigenvalue weighted by Gasteiger charge is -2.12. The van der Waals surface area contributed by atoms with Crippen LogP contribution in [0.1, 0.15) is 31.2 Å². The molecule has 0 spiro atoms. The summed E-state index contributed by atoms with van der Waals surface area (Å²) in [5.74, 6) is 6.89. The first-order valence-corrected chi connectivity index (χ1v) is 10.8. The number of ether oxygens (including phenoxy) is 3. The Morgan fingerprint density at radius 2 is 2.00 bits per heavy atom. The van der Waals surface area contributed by atoms with Crippen molar-refractivity contribution in [2.45, 2.75) is 31.3 Å². The Morgan fingerprint density at radius 3 is 2.81 bits per heavy atom. The number of anilines is 1. The van der Waals surface area contributed by atoms with Crippen molar-refractivity contribution in [2.24, 2.45) is 0 Å². The molecule has 1 fully saturated rings. The first-order chi connectivity index (χ1) is 15.6.